The summed E-state index contributed by atoms with van der Waals surface area (Å²) in [5, 5.41) is 0. The van der Waals surface area contributed by atoms with Crippen LogP contribution in [0.1, 0.15) is 77.0 Å². The van der Waals surface area contributed by atoms with Gasteiger partial charge in [-0.1, -0.05) is 6.42 Å². The van der Waals surface area contributed by atoms with Crippen molar-refractivity contribution in [1.29, 1.82) is 0 Å². The summed E-state index contributed by atoms with van der Waals surface area (Å²) in [5.41, 5.74) is 0.212. The highest BCUT2D eigenvalue weighted by Gasteiger charge is 2.51. The third-order valence-corrected chi connectivity index (χ3v) is 7.95. The predicted octanol–water partition coefficient (Wildman–Crippen LogP) is 4.40. The molecule has 4 bridgehead atoms. The molecule has 1 aliphatic heterocycles. The number of carbonyl (C=O) groups excluding carboxylic acids is 2. The normalized spacial score (nSPS) is 34.0. The molecule has 5 heteroatoms. The first-order valence-corrected chi connectivity index (χ1v) is 12.4. The molecule has 5 aliphatic rings. The summed E-state index contributed by atoms with van der Waals surface area (Å²) in [7, 11) is 0. The lowest BCUT2D eigenvalue weighted by molar-refractivity contribution is -0.154. The highest BCUT2D eigenvalue weighted by atomic mass is 16.5. The number of carbonyl (C=O) groups is 2. The first kappa shape index (κ1) is 22.1. The summed E-state index contributed by atoms with van der Waals surface area (Å²) in [6, 6.07) is 0. The average molecular weight is 419 g/mol. The lowest BCUT2D eigenvalue weighted by Gasteiger charge is -2.56. The SMILES string of the molecule is [CH2]C(COC(=O)CCCN1CCCCC1)COC(=O)CC12CC3CC(CC(C3)C1)C2. The molecule has 5 nitrogen and oxygen atoms in total. The van der Waals surface area contributed by atoms with E-state index in [2.05, 4.69) is 11.8 Å². The van der Waals surface area contributed by atoms with E-state index in [0.717, 1.165) is 43.8 Å². The van der Waals surface area contributed by atoms with Crippen molar-refractivity contribution >= 4 is 11.9 Å². The van der Waals surface area contributed by atoms with Crippen molar-refractivity contribution in [3.05, 3.63) is 6.92 Å². The Morgan fingerprint density at radius 1 is 0.900 bits per heavy atom. The fourth-order valence-electron chi connectivity index (χ4n) is 7.04. The van der Waals surface area contributed by atoms with Gasteiger partial charge in [0.2, 0.25) is 0 Å². The highest BCUT2D eigenvalue weighted by Crippen LogP contribution is 2.61. The van der Waals surface area contributed by atoms with Crippen molar-refractivity contribution < 1.29 is 19.1 Å². The third kappa shape index (κ3) is 5.99. The number of esters is 2. The number of piperidine rings is 1. The van der Waals surface area contributed by atoms with Crippen LogP contribution >= 0.6 is 0 Å². The monoisotopic (exact) mass is 418 g/mol. The molecule has 5 rings (SSSR count). The van der Waals surface area contributed by atoms with Crippen LogP contribution < -0.4 is 0 Å². The maximum absolute atomic E-state index is 12.5. The van der Waals surface area contributed by atoms with Crippen LogP contribution in [0.25, 0.3) is 0 Å². The fourth-order valence-corrected chi connectivity index (χ4v) is 7.04. The number of ether oxygens (including phenoxy) is 2. The summed E-state index contributed by atoms with van der Waals surface area (Å²) < 4.78 is 10.9. The second-order valence-corrected chi connectivity index (χ2v) is 10.8. The van der Waals surface area contributed by atoms with Gasteiger partial charge >= 0.3 is 11.9 Å². The van der Waals surface area contributed by atoms with E-state index in [9.17, 15) is 9.59 Å². The third-order valence-electron chi connectivity index (χ3n) is 7.95. The minimum Gasteiger partial charge on any atom is -0.465 e. The topological polar surface area (TPSA) is 55.8 Å². The smallest absolute Gasteiger partial charge is 0.306 e. The Morgan fingerprint density at radius 3 is 2.07 bits per heavy atom. The van der Waals surface area contributed by atoms with E-state index in [4.69, 9.17) is 9.47 Å². The molecule has 5 fully saturated rings. The molecular formula is C25H40NO4. The van der Waals surface area contributed by atoms with Gasteiger partial charge in [0.05, 0.1) is 19.6 Å². The van der Waals surface area contributed by atoms with E-state index >= 15 is 0 Å². The maximum atomic E-state index is 12.5. The average Bonchev–Trinajstić information content (AvgIpc) is 2.70. The zero-order valence-corrected chi connectivity index (χ0v) is 18.6. The molecule has 4 aliphatic carbocycles. The zero-order chi connectivity index (χ0) is 21.0. The first-order valence-electron chi connectivity index (χ1n) is 12.4. The molecule has 1 atom stereocenters. The molecule has 0 aromatic heterocycles. The van der Waals surface area contributed by atoms with E-state index in [1.54, 1.807) is 0 Å². The first-order chi connectivity index (χ1) is 14.5. The van der Waals surface area contributed by atoms with E-state index in [-0.39, 0.29) is 36.5 Å². The second kappa shape index (κ2) is 10.0. The van der Waals surface area contributed by atoms with Gasteiger partial charge in [-0.15, -0.1) is 0 Å². The van der Waals surface area contributed by atoms with Crippen molar-refractivity contribution in [2.45, 2.75) is 77.0 Å². The quantitative estimate of drug-likeness (QED) is 0.492. The molecule has 1 heterocycles. The van der Waals surface area contributed by atoms with Gasteiger partial charge in [-0.25, -0.2) is 0 Å². The fraction of sp³-hybridized carbons (Fsp3) is 0.880. The van der Waals surface area contributed by atoms with Crippen LogP contribution in [0, 0.1) is 36.0 Å². The van der Waals surface area contributed by atoms with Crippen molar-refractivity contribution in [2.75, 3.05) is 32.8 Å². The Labute approximate surface area is 182 Å². The van der Waals surface area contributed by atoms with Crippen LogP contribution in [0.15, 0.2) is 0 Å². The van der Waals surface area contributed by atoms with Crippen LogP contribution in [0.2, 0.25) is 0 Å². The van der Waals surface area contributed by atoms with Gasteiger partial charge in [0, 0.05) is 12.3 Å². The van der Waals surface area contributed by atoms with Gasteiger partial charge in [-0.05, 0) is 108 Å². The Balaban J connectivity index is 1.08. The summed E-state index contributed by atoms with van der Waals surface area (Å²) in [4.78, 5) is 26.9. The van der Waals surface area contributed by atoms with E-state index in [1.807, 2.05) is 0 Å². The predicted molar refractivity (Wildman–Crippen MR) is 116 cm³/mol. The van der Waals surface area contributed by atoms with Crippen LogP contribution in [-0.2, 0) is 19.1 Å². The zero-order valence-electron chi connectivity index (χ0n) is 18.6. The van der Waals surface area contributed by atoms with E-state index in [1.165, 1.54) is 57.8 Å². The molecular weight excluding hydrogens is 378 g/mol. The maximum Gasteiger partial charge on any atom is 0.306 e. The van der Waals surface area contributed by atoms with Gasteiger partial charge in [0.25, 0.3) is 0 Å². The van der Waals surface area contributed by atoms with Crippen LogP contribution in [0.5, 0.6) is 0 Å². The van der Waals surface area contributed by atoms with Crippen molar-refractivity contribution in [1.82, 2.24) is 4.90 Å². The summed E-state index contributed by atoms with van der Waals surface area (Å²) in [6.07, 6.45) is 13.6. The number of hydrogen-bond donors (Lipinski definition) is 0. The van der Waals surface area contributed by atoms with Crippen LogP contribution in [0.3, 0.4) is 0 Å². The van der Waals surface area contributed by atoms with Gasteiger partial charge in [-0.2, -0.15) is 0 Å². The molecule has 1 unspecified atom stereocenters. The molecule has 1 radical (unpaired) electrons. The summed E-state index contributed by atoms with van der Waals surface area (Å²) in [6.45, 7) is 7.76. The summed E-state index contributed by atoms with van der Waals surface area (Å²) in [5.74, 6) is 2.09. The number of likely N-dealkylation sites (tertiary alicyclic amines) is 1. The lowest BCUT2D eigenvalue weighted by Crippen LogP contribution is -2.47. The van der Waals surface area contributed by atoms with Gasteiger partial charge < -0.3 is 14.4 Å². The minimum atomic E-state index is -0.198. The van der Waals surface area contributed by atoms with E-state index in [0.29, 0.717) is 12.8 Å². The molecule has 1 saturated heterocycles. The molecule has 0 amide bonds. The molecule has 30 heavy (non-hydrogen) atoms. The highest BCUT2D eigenvalue weighted by molar-refractivity contribution is 5.70. The van der Waals surface area contributed by atoms with Crippen molar-refractivity contribution in [3.8, 4) is 0 Å². The number of rotatable bonds is 10. The molecule has 0 aromatic carbocycles. The Kier molecular flexibility index (Phi) is 7.38. The molecule has 4 saturated carbocycles. The van der Waals surface area contributed by atoms with E-state index < -0.39 is 0 Å². The van der Waals surface area contributed by atoms with Crippen LogP contribution in [0.4, 0.5) is 0 Å². The molecule has 169 valence electrons. The van der Waals surface area contributed by atoms with Gasteiger partial charge in [0.15, 0.2) is 0 Å². The largest absolute Gasteiger partial charge is 0.465 e. The Hall–Kier alpha value is -1.10. The van der Waals surface area contributed by atoms with Gasteiger partial charge in [0.1, 0.15) is 0 Å². The second-order valence-electron chi connectivity index (χ2n) is 10.8. The van der Waals surface area contributed by atoms with Crippen molar-refractivity contribution in [2.24, 2.45) is 29.1 Å². The molecule has 0 N–H and O–H groups in total. The van der Waals surface area contributed by atoms with Crippen LogP contribution in [-0.4, -0.2) is 49.7 Å². The number of hydrogen-bond acceptors (Lipinski definition) is 5. The summed E-state index contributed by atoms with van der Waals surface area (Å²) >= 11 is 0. The number of nitrogens with zero attached hydrogens (tertiary/aromatic N) is 1. The van der Waals surface area contributed by atoms with Gasteiger partial charge in [-0.3, -0.25) is 9.59 Å². The van der Waals surface area contributed by atoms with Crippen molar-refractivity contribution in [3.63, 3.8) is 0 Å². The standard InChI is InChI=1S/C25H40NO4/c1-19(17-29-23(27)6-5-9-26-7-3-2-4-8-26)18-30-24(28)16-25-13-20-10-21(14-25)12-22(11-20)15-25/h19-22H,1-18H2. The molecule has 0 aromatic rings. The Morgan fingerprint density at radius 2 is 1.47 bits per heavy atom. The molecule has 0 spiro atoms. The minimum absolute atomic E-state index is 0.0848. The Bertz CT molecular complexity index is 563. The lowest BCUT2D eigenvalue weighted by atomic mass is 9.49.